The summed E-state index contributed by atoms with van der Waals surface area (Å²) in [5.74, 6) is -0.512. The van der Waals surface area contributed by atoms with Gasteiger partial charge in [0.05, 0.1) is 22.1 Å². The molecule has 1 aliphatic rings. The molecule has 1 aromatic heterocycles. The molecule has 1 N–H and O–H groups in total. The van der Waals surface area contributed by atoms with Crippen molar-refractivity contribution in [3.05, 3.63) is 44.4 Å². The molecule has 0 spiro atoms. The molecular weight excluding hydrogens is 452 g/mol. The fourth-order valence-corrected chi connectivity index (χ4v) is 5.97. The van der Waals surface area contributed by atoms with Crippen LogP contribution in [-0.2, 0) is 14.8 Å². The summed E-state index contributed by atoms with van der Waals surface area (Å²) in [5.41, 5.74) is 0.254. The Morgan fingerprint density at radius 2 is 2.07 bits per heavy atom. The van der Waals surface area contributed by atoms with Gasteiger partial charge in [0.25, 0.3) is 5.69 Å². The normalized spacial score (nSPS) is 15.3. The number of carbonyl (C=O) groups is 1. The zero-order valence-corrected chi connectivity index (χ0v) is 18.6. The van der Waals surface area contributed by atoms with Crippen molar-refractivity contribution in [2.24, 2.45) is 0 Å². The van der Waals surface area contributed by atoms with E-state index in [2.05, 4.69) is 10.3 Å². The fraction of sp³-hybridized carbons (Fsp3) is 0.444. The predicted molar refractivity (Wildman–Crippen MR) is 114 cm³/mol. The Morgan fingerprint density at radius 3 is 2.67 bits per heavy atom. The van der Waals surface area contributed by atoms with Gasteiger partial charge in [0.15, 0.2) is 5.13 Å². The van der Waals surface area contributed by atoms with E-state index in [0.717, 1.165) is 35.3 Å². The number of sulfonamides is 1. The van der Waals surface area contributed by atoms with Crippen LogP contribution in [0.2, 0.25) is 5.02 Å². The molecule has 2 aromatic rings. The number of benzene rings is 1. The first-order valence-corrected chi connectivity index (χ1v) is 12.1. The molecule has 0 atom stereocenters. The summed E-state index contributed by atoms with van der Waals surface area (Å²) in [4.78, 5) is 27.0. The van der Waals surface area contributed by atoms with E-state index in [1.165, 1.54) is 23.5 Å². The number of aromatic nitrogens is 1. The maximum atomic E-state index is 13.4. The lowest BCUT2D eigenvalue weighted by Crippen LogP contribution is -2.45. The van der Waals surface area contributed by atoms with Gasteiger partial charge in [-0.25, -0.2) is 13.4 Å². The van der Waals surface area contributed by atoms with Gasteiger partial charge in [0.1, 0.15) is 5.02 Å². The molecule has 0 aliphatic heterocycles. The number of nitrogens with zero attached hydrogens (tertiary/aromatic N) is 3. The van der Waals surface area contributed by atoms with Crippen molar-refractivity contribution < 1.29 is 18.1 Å². The SMILES string of the molecule is Cc1csc(NC(=O)CN(C2CCCCC2)S(=O)(=O)c2ccc(Cl)c([N+](=O)[O-])c2)n1. The number of nitro groups is 1. The van der Waals surface area contributed by atoms with E-state index in [4.69, 9.17) is 11.6 Å². The first kappa shape index (κ1) is 22.6. The smallest absolute Gasteiger partial charge is 0.289 e. The van der Waals surface area contributed by atoms with Gasteiger partial charge in [0.2, 0.25) is 15.9 Å². The molecule has 1 aromatic carbocycles. The average Bonchev–Trinajstić information content (AvgIpc) is 3.11. The second-order valence-electron chi connectivity index (χ2n) is 7.05. The third-order valence-electron chi connectivity index (χ3n) is 4.87. The van der Waals surface area contributed by atoms with E-state index < -0.39 is 33.1 Å². The van der Waals surface area contributed by atoms with Crippen molar-refractivity contribution in [1.82, 2.24) is 9.29 Å². The van der Waals surface area contributed by atoms with E-state index >= 15 is 0 Å². The first-order chi connectivity index (χ1) is 14.2. The maximum absolute atomic E-state index is 13.4. The van der Waals surface area contributed by atoms with Crippen LogP contribution in [0.3, 0.4) is 0 Å². The van der Waals surface area contributed by atoms with Crippen molar-refractivity contribution >= 4 is 49.7 Å². The molecule has 1 saturated carbocycles. The van der Waals surface area contributed by atoms with E-state index in [0.29, 0.717) is 18.0 Å². The van der Waals surface area contributed by atoms with Crippen LogP contribution in [0.1, 0.15) is 37.8 Å². The summed E-state index contributed by atoms with van der Waals surface area (Å²) in [6, 6.07) is 2.99. The molecule has 0 saturated heterocycles. The quantitative estimate of drug-likeness (QED) is 0.480. The Bertz CT molecular complexity index is 1050. The zero-order chi connectivity index (χ0) is 21.9. The van der Waals surface area contributed by atoms with Crippen molar-refractivity contribution in [3.8, 4) is 0 Å². The summed E-state index contributed by atoms with van der Waals surface area (Å²) >= 11 is 7.08. The number of thiazole rings is 1. The second kappa shape index (κ2) is 9.38. The van der Waals surface area contributed by atoms with Crippen molar-refractivity contribution in [2.75, 3.05) is 11.9 Å². The van der Waals surface area contributed by atoms with Gasteiger partial charge < -0.3 is 5.32 Å². The summed E-state index contributed by atoms with van der Waals surface area (Å²) in [6.07, 6.45) is 3.95. The average molecular weight is 473 g/mol. The van der Waals surface area contributed by atoms with Crippen LogP contribution in [0.15, 0.2) is 28.5 Å². The lowest BCUT2D eigenvalue weighted by molar-refractivity contribution is -0.384. The third kappa shape index (κ3) is 5.15. The number of nitro benzene ring substituents is 1. The standard InChI is InChI=1S/C18H21ClN4O5S2/c1-12-11-29-18(20-12)21-17(24)10-22(13-5-3-2-4-6-13)30(27,28)14-7-8-15(19)16(9-14)23(25)26/h7-9,11,13H,2-6,10H2,1H3,(H,20,21,24). The monoisotopic (exact) mass is 472 g/mol. The molecule has 30 heavy (non-hydrogen) atoms. The molecule has 1 aliphatic carbocycles. The summed E-state index contributed by atoms with van der Waals surface area (Å²) in [5, 5.41) is 15.8. The molecule has 0 unspecified atom stereocenters. The molecule has 1 amide bonds. The highest BCUT2D eigenvalue weighted by Crippen LogP contribution is 2.32. The van der Waals surface area contributed by atoms with Gasteiger partial charge in [-0.15, -0.1) is 11.3 Å². The molecule has 9 nitrogen and oxygen atoms in total. The minimum atomic E-state index is -4.16. The number of carbonyl (C=O) groups excluding carboxylic acids is 1. The van der Waals surface area contributed by atoms with Crippen LogP contribution in [0.4, 0.5) is 10.8 Å². The molecule has 12 heteroatoms. The van der Waals surface area contributed by atoms with Gasteiger partial charge in [-0.1, -0.05) is 30.9 Å². The molecule has 3 rings (SSSR count). The first-order valence-electron chi connectivity index (χ1n) is 9.36. The second-order valence-corrected chi connectivity index (χ2v) is 10.2. The topological polar surface area (TPSA) is 123 Å². The van der Waals surface area contributed by atoms with Gasteiger partial charge in [-0.3, -0.25) is 14.9 Å². The van der Waals surface area contributed by atoms with Crippen LogP contribution >= 0.6 is 22.9 Å². The number of rotatable bonds is 7. The molecular formula is C18H21ClN4O5S2. The maximum Gasteiger partial charge on any atom is 0.289 e. The van der Waals surface area contributed by atoms with Crippen molar-refractivity contribution in [1.29, 1.82) is 0 Å². The van der Waals surface area contributed by atoms with Crippen LogP contribution in [-0.4, -0.2) is 41.1 Å². The number of aryl methyl sites for hydroxylation is 1. The minimum Gasteiger partial charge on any atom is -0.301 e. The van der Waals surface area contributed by atoms with E-state index in [1.54, 1.807) is 12.3 Å². The molecule has 0 radical (unpaired) electrons. The van der Waals surface area contributed by atoms with Crippen LogP contribution in [0.25, 0.3) is 0 Å². The lowest BCUT2D eigenvalue weighted by atomic mass is 9.95. The van der Waals surface area contributed by atoms with Crippen molar-refractivity contribution in [2.45, 2.75) is 50.0 Å². The van der Waals surface area contributed by atoms with Crippen LogP contribution in [0, 0.1) is 17.0 Å². The highest BCUT2D eigenvalue weighted by molar-refractivity contribution is 7.89. The van der Waals surface area contributed by atoms with E-state index in [-0.39, 0.29) is 16.0 Å². The van der Waals surface area contributed by atoms with E-state index in [1.807, 2.05) is 0 Å². The van der Waals surface area contributed by atoms with Gasteiger partial charge in [-0.05, 0) is 31.9 Å². The zero-order valence-electron chi connectivity index (χ0n) is 16.2. The Labute approximate surface area is 183 Å². The molecule has 1 heterocycles. The minimum absolute atomic E-state index is 0.153. The largest absolute Gasteiger partial charge is 0.301 e. The Hall–Kier alpha value is -2.08. The fourth-order valence-electron chi connectivity index (χ4n) is 3.42. The molecule has 162 valence electrons. The summed E-state index contributed by atoms with van der Waals surface area (Å²) in [7, 11) is -4.16. The Kier molecular flexibility index (Phi) is 7.06. The number of anilines is 1. The number of amides is 1. The predicted octanol–water partition coefficient (Wildman–Crippen LogP) is 3.98. The highest BCUT2D eigenvalue weighted by Gasteiger charge is 2.35. The molecule has 0 bridgehead atoms. The van der Waals surface area contributed by atoms with Crippen LogP contribution < -0.4 is 5.32 Å². The number of halogens is 1. The number of hydrogen-bond acceptors (Lipinski definition) is 7. The van der Waals surface area contributed by atoms with Gasteiger partial charge >= 0.3 is 0 Å². The summed E-state index contributed by atoms with van der Waals surface area (Å²) in [6.45, 7) is 1.39. The highest BCUT2D eigenvalue weighted by atomic mass is 35.5. The number of hydrogen-bond donors (Lipinski definition) is 1. The Balaban J connectivity index is 1.91. The van der Waals surface area contributed by atoms with Crippen molar-refractivity contribution in [3.63, 3.8) is 0 Å². The van der Waals surface area contributed by atoms with Crippen LogP contribution in [0.5, 0.6) is 0 Å². The Morgan fingerprint density at radius 1 is 1.37 bits per heavy atom. The summed E-state index contributed by atoms with van der Waals surface area (Å²) < 4.78 is 27.9. The number of nitrogens with one attached hydrogen (secondary N) is 1. The lowest BCUT2D eigenvalue weighted by Gasteiger charge is -2.32. The molecule has 1 fully saturated rings. The van der Waals surface area contributed by atoms with Gasteiger partial charge in [-0.2, -0.15) is 4.31 Å². The van der Waals surface area contributed by atoms with E-state index in [9.17, 15) is 23.3 Å². The van der Waals surface area contributed by atoms with Gasteiger partial charge in [0, 0.05) is 17.5 Å². The third-order valence-corrected chi connectivity index (χ3v) is 7.96.